The van der Waals surface area contributed by atoms with Crippen molar-refractivity contribution < 1.29 is 9.90 Å². The number of carboxylic acids is 1. The van der Waals surface area contributed by atoms with E-state index in [1.54, 1.807) is 6.33 Å². The van der Waals surface area contributed by atoms with Crippen molar-refractivity contribution in [3.8, 4) is 0 Å². The van der Waals surface area contributed by atoms with Gasteiger partial charge in [0.15, 0.2) is 0 Å². The molecule has 2 atom stereocenters. The van der Waals surface area contributed by atoms with E-state index in [9.17, 15) is 9.90 Å². The van der Waals surface area contributed by atoms with Crippen molar-refractivity contribution in [2.45, 2.75) is 18.8 Å². The summed E-state index contributed by atoms with van der Waals surface area (Å²) in [7, 11) is 0. The standard InChI is InChI=1S/C17H16N2O2/c1-11(12-6-3-2-4-7-12)15(17(20)21)13-8-5-9-14-16(13)19-10-18-14/h2-11,15H,1H3,(H,18,19)(H,20,21). The number of aromatic amines is 1. The Morgan fingerprint density at radius 1 is 1.14 bits per heavy atom. The zero-order chi connectivity index (χ0) is 14.8. The van der Waals surface area contributed by atoms with Crippen LogP contribution in [0.2, 0.25) is 0 Å². The molecule has 2 aromatic carbocycles. The second-order valence-corrected chi connectivity index (χ2v) is 5.16. The maximum absolute atomic E-state index is 11.8. The Bertz CT molecular complexity index is 765. The van der Waals surface area contributed by atoms with Crippen LogP contribution < -0.4 is 0 Å². The number of carboxylic acid groups (broad SMARTS) is 1. The number of nitrogens with zero attached hydrogens (tertiary/aromatic N) is 1. The quantitative estimate of drug-likeness (QED) is 0.768. The number of fused-ring (bicyclic) bond motifs is 1. The molecule has 2 N–H and O–H groups in total. The van der Waals surface area contributed by atoms with Gasteiger partial charge >= 0.3 is 5.97 Å². The smallest absolute Gasteiger partial charge is 0.311 e. The van der Waals surface area contributed by atoms with Gasteiger partial charge in [-0.15, -0.1) is 0 Å². The second-order valence-electron chi connectivity index (χ2n) is 5.16. The van der Waals surface area contributed by atoms with Crippen molar-refractivity contribution in [3.63, 3.8) is 0 Å². The van der Waals surface area contributed by atoms with Crippen LogP contribution in [0.15, 0.2) is 54.9 Å². The van der Waals surface area contributed by atoms with E-state index in [1.165, 1.54) is 0 Å². The van der Waals surface area contributed by atoms with Gasteiger partial charge in [0, 0.05) is 0 Å². The summed E-state index contributed by atoms with van der Waals surface area (Å²) < 4.78 is 0. The van der Waals surface area contributed by atoms with E-state index in [0.717, 1.165) is 22.2 Å². The molecule has 0 fully saturated rings. The Morgan fingerprint density at radius 3 is 2.62 bits per heavy atom. The summed E-state index contributed by atoms with van der Waals surface area (Å²) in [6.45, 7) is 1.94. The molecule has 0 aliphatic carbocycles. The predicted molar refractivity (Wildman–Crippen MR) is 81.3 cm³/mol. The monoisotopic (exact) mass is 280 g/mol. The van der Waals surface area contributed by atoms with E-state index < -0.39 is 11.9 Å². The number of aromatic nitrogens is 2. The third-order valence-electron chi connectivity index (χ3n) is 3.91. The molecule has 4 heteroatoms. The molecule has 0 saturated heterocycles. The zero-order valence-corrected chi connectivity index (χ0v) is 11.7. The number of nitrogens with one attached hydrogen (secondary N) is 1. The lowest BCUT2D eigenvalue weighted by molar-refractivity contribution is -0.139. The highest BCUT2D eigenvalue weighted by molar-refractivity contribution is 5.87. The van der Waals surface area contributed by atoms with Gasteiger partial charge in [-0.2, -0.15) is 0 Å². The van der Waals surface area contributed by atoms with Crippen LogP contribution in [0.1, 0.15) is 29.9 Å². The van der Waals surface area contributed by atoms with E-state index in [0.29, 0.717) is 0 Å². The van der Waals surface area contributed by atoms with E-state index in [1.807, 2.05) is 55.5 Å². The average molecular weight is 280 g/mol. The topological polar surface area (TPSA) is 66.0 Å². The fraction of sp³-hybridized carbons (Fsp3) is 0.176. The summed E-state index contributed by atoms with van der Waals surface area (Å²) in [5.41, 5.74) is 3.35. The Hall–Kier alpha value is -2.62. The molecule has 0 bridgehead atoms. The van der Waals surface area contributed by atoms with Gasteiger partial charge < -0.3 is 10.1 Å². The van der Waals surface area contributed by atoms with E-state index in [2.05, 4.69) is 9.97 Å². The van der Waals surface area contributed by atoms with Crippen LogP contribution in [0.4, 0.5) is 0 Å². The minimum absolute atomic E-state index is 0.133. The number of benzene rings is 2. The molecule has 3 aromatic rings. The van der Waals surface area contributed by atoms with E-state index in [4.69, 9.17) is 0 Å². The molecule has 0 spiro atoms. The fourth-order valence-corrected chi connectivity index (χ4v) is 2.80. The minimum atomic E-state index is -0.832. The molecule has 3 rings (SSSR count). The molecular weight excluding hydrogens is 264 g/mol. The van der Waals surface area contributed by atoms with Gasteiger partial charge in [-0.25, -0.2) is 4.98 Å². The summed E-state index contributed by atoms with van der Waals surface area (Å²) in [5, 5.41) is 9.72. The zero-order valence-electron chi connectivity index (χ0n) is 11.7. The van der Waals surface area contributed by atoms with Gasteiger partial charge in [-0.05, 0) is 23.1 Å². The average Bonchev–Trinajstić information content (AvgIpc) is 2.97. The molecule has 0 saturated carbocycles. The molecule has 4 nitrogen and oxygen atoms in total. The Balaban J connectivity index is 2.10. The van der Waals surface area contributed by atoms with Crippen molar-refractivity contribution in [3.05, 3.63) is 66.0 Å². The summed E-state index contributed by atoms with van der Waals surface area (Å²) in [6.07, 6.45) is 1.60. The molecule has 0 amide bonds. The molecule has 0 radical (unpaired) electrons. The van der Waals surface area contributed by atoms with E-state index >= 15 is 0 Å². The first kappa shape index (κ1) is 13.4. The minimum Gasteiger partial charge on any atom is -0.481 e. The van der Waals surface area contributed by atoms with Crippen LogP contribution in [0.25, 0.3) is 11.0 Å². The first-order valence-corrected chi connectivity index (χ1v) is 6.88. The van der Waals surface area contributed by atoms with Crippen LogP contribution in [0, 0.1) is 0 Å². The molecular formula is C17H16N2O2. The highest BCUT2D eigenvalue weighted by atomic mass is 16.4. The number of para-hydroxylation sites is 1. The maximum Gasteiger partial charge on any atom is 0.311 e. The number of imidazole rings is 1. The largest absolute Gasteiger partial charge is 0.481 e. The van der Waals surface area contributed by atoms with Gasteiger partial charge in [-0.3, -0.25) is 4.79 Å². The molecule has 106 valence electrons. The second kappa shape index (κ2) is 5.40. The Kier molecular flexibility index (Phi) is 3.44. The van der Waals surface area contributed by atoms with Crippen LogP contribution >= 0.6 is 0 Å². The maximum atomic E-state index is 11.8. The normalized spacial score (nSPS) is 14.0. The number of rotatable bonds is 4. The first-order chi connectivity index (χ1) is 10.2. The number of aliphatic carboxylic acids is 1. The summed E-state index contributed by atoms with van der Waals surface area (Å²) >= 11 is 0. The van der Waals surface area contributed by atoms with E-state index in [-0.39, 0.29) is 5.92 Å². The Morgan fingerprint density at radius 2 is 1.90 bits per heavy atom. The SMILES string of the molecule is CC(c1ccccc1)C(C(=O)O)c1cccc2[nH]cnc12. The van der Waals surface area contributed by atoms with Gasteiger partial charge in [-0.1, -0.05) is 49.4 Å². The summed E-state index contributed by atoms with van der Waals surface area (Å²) in [5.74, 6) is -1.59. The summed E-state index contributed by atoms with van der Waals surface area (Å²) in [6, 6.07) is 15.3. The molecule has 1 heterocycles. The molecule has 2 unspecified atom stereocenters. The summed E-state index contributed by atoms with van der Waals surface area (Å²) in [4.78, 5) is 19.1. The van der Waals surface area contributed by atoms with Gasteiger partial charge in [0.25, 0.3) is 0 Å². The van der Waals surface area contributed by atoms with Gasteiger partial charge in [0.05, 0.1) is 23.3 Å². The Labute approximate surface area is 122 Å². The van der Waals surface area contributed by atoms with Crippen molar-refractivity contribution >= 4 is 17.0 Å². The highest BCUT2D eigenvalue weighted by Crippen LogP contribution is 2.35. The van der Waals surface area contributed by atoms with Gasteiger partial charge in [0.2, 0.25) is 0 Å². The van der Waals surface area contributed by atoms with Gasteiger partial charge in [0.1, 0.15) is 0 Å². The molecule has 0 aliphatic rings. The van der Waals surface area contributed by atoms with Crippen molar-refractivity contribution in [1.29, 1.82) is 0 Å². The first-order valence-electron chi connectivity index (χ1n) is 6.88. The van der Waals surface area contributed by atoms with Crippen LogP contribution in [-0.4, -0.2) is 21.0 Å². The van der Waals surface area contributed by atoms with Crippen LogP contribution in [0.5, 0.6) is 0 Å². The molecule has 1 aromatic heterocycles. The lowest BCUT2D eigenvalue weighted by Crippen LogP contribution is -2.18. The van der Waals surface area contributed by atoms with Crippen LogP contribution in [-0.2, 0) is 4.79 Å². The highest BCUT2D eigenvalue weighted by Gasteiger charge is 2.29. The third-order valence-corrected chi connectivity index (χ3v) is 3.91. The third kappa shape index (κ3) is 2.40. The molecule has 21 heavy (non-hydrogen) atoms. The number of hydrogen-bond donors (Lipinski definition) is 2. The molecule has 0 aliphatic heterocycles. The van der Waals surface area contributed by atoms with Crippen molar-refractivity contribution in [2.24, 2.45) is 0 Å². The van der Waals surface area contributed by atoms with Crippen molar-refractivity contribution in [2.75, 3.05) is 0 Å². The number of H-pyrrole nitrogens is 1. The number of hydrogen-bond acceptors (Lipinski definition) is 2. The lowest BCUT2D eigenvalue weighted by atomic mass is 9.82. The fourth-order valence-electron chi connectivity index (χ4n) is 2.80. The lowest BCUT2D eigenvalue weighted by Gasteiger charge is -2.21. The van der Waals surface area contributed by atoms with Crippen molar-refractivity contribution in [1.82, 2.24) is 9.97 Å². The number of carbonyl (C=O) groups is 1. The van der Waals surface area contributed by atoms with Crippen LogP contribution in [0.3, 0.4) is 0 Å². The predicted octanol–water partition coefficient (Wildman–Crippen LogP) is 3.53.